The molecule has 156 valence electrons. The number of fused-ring (bicyclic) bond motifs is 1. The molecule has 4 rings (SSSR count). The van der Waals surface area contributed by atoms with Gasteiger partial charge in [-0.1, -0.05) is 11.6 Å². The highest BCUT2D eigenvalue weighted by Gasteiger charge is 2.40. The number of nitrogens with one attached hydrogen (secondary N) is 1. The number of carbonyl (C=O) groups excluding carboxylic acids is 1. The molecule has 1 N–H and O–H groups in total. The van der Waals surface area contributed by atoms with E-state index in [4.69, 9.17) is 26.3 Å². The summed E-state index contributed by atoms with van der Waals surface area (Å²) < 4.78 is 38.6. The van der Waals surface area contributed by atoms with Crippen LogP contribution in [0.4, 0.5) is 5.69 Å². The van der Waals surface area contributed by atoms with Gasteiger partial charge >= 0.3 is 0 Å². The first-order valence-electron chi connectivity index (χ1n) is 9.32. The number of benzene rings is 2. The topological polar surface area (TPSA) is 109 Å². The molecule has 1 atom stereocenters. The van der Waals surface area contributed by atoms with E-state index in [9.17, 15) is 13.2 Å². The molecule has 0 spiro atoms. The molecule has 0 aromatic heterocycles. The van der Waals surface area contributed by atoms with E-state index >= 15 is 0 Å². The maximum Gasteiger partial charge on any atom is 0.243 e. The van der Waals surface area contributed by atoms with Gasteiger partial charge < -0.3 is 14.8 Å². The molecule has 10 heteroatoms. The van der Waals surface area contributed by atoms with Gasteiger partial charge in [-0.15, -0.1) is 0 Å². The lowest BCUT2D eigenvalue weighted by Crippen LogP contribution is -2.43. The van der Waals surface area contributed by atoms with E-state index in [-0.39, 0.29) is 16.5 Å². The number of ether oxygens (including phenoxy) is 2. The van der Waals surface area contributed by atoms with Crippen LogP contribution in [0.15, 0.2) is 41.3 Å². The SMILES string of the molecule is N#Cc1ccc(NC(=O)[C@@H]2CCCN2S(=O)(=O)c2ccc3c(c2)OCCO3)cc1Cl. The van der Waals surface area contributed by atoms with Crippen LogP contribution >= 0.6 is 11.6 Å². The summed E-state index contributed by atoms with van der Waals surface area (Å²) in [4.78, 5) is 12.9. The van der Waals surface area contributed by atoms with Crippen LogP contribution in [-0.4, -0.2) is 44.4 Å². The van der Waals surface area contributed by atoms with Crippen LogP contribution in [0.5, 0.6) is 11.5 Å². The van der Waals surface area contributed by atoms with Gasteiger partial charge in [0.15, 0.2) is 11.5 Å². The van der Waals surface area contributed by atoms with Crippen molar-refractivity contribution in [3.63, 3.8) is 0 Å². The lowest BCUT2D eigenvalue weighted by molar-refractivity contribution is -0.119. The Labute approximate surface area is 179 Å². The summed E-state index contributed by atoms with van der Waals surface area (Å²) in [7, 11) is -3.91. The molecule has 0 unspecified atom stereocenters. The van der Waals surface area contributed by atoms with Crippen molar-refractivity contribution in [1.82, 2.24) is 4.31 Å². The molecular formula is C20H18ClN3O5S. The first-order chi connectivity index (χ1) is 14.4. The Kier molecular flexibility index (Phi) is 5.56. The van der Waals surface area contributed by atoms with Crippen molar-refractivity contribution < 1.29 is 22.7 Å². The van der Waals surface area contributed by atoms with Crippen molar-refractivity contribution in [2.45, 2.75) is 23.8 Å². The number of halogens is 1. The monoisotopic (exact) mass is 447 g/mol. The summed E-state index contributed by atoms with van der Waals surface area (Å²) in [5.41, 5.74) is 0.686. The van der Waals surface area contributed by atoms with Crippen LogP contribution in [0.3, 0.4) is 0 Å². The normalized spacial score (nSPS) is 18.6. The molecule has 0 radical (unpaired) electrons. The van der Waals surface area contributed by atoms with E-state index in [1.807, 2.05) is 6.07 Å². The van der Waals surface area contributed by atoms with Crippen LogP contribution in [0, 0.1) is 11.3 Å². The summed E-state index contributed by atoms with van der Waals surface area (Å²) in [5.74, 6) is 0.415. The van der Waals surface area contributed by atoms with Gasteiger partial charge in [-0.25, -0.2) is 8.42 Å². The fraction of sp³-hybridized carbons (Fsp3) is 0.300. The minimum Gasteiger partial charge on any atom is -0.486 e. The molecule has 1 amide bonds. The molecular weight excluding hydrogens is 430 g/mol. The van der Waals surface area contributed by atoms with Crippen LogP contribution in [0.25, 0.3) is 0 Å². The molecule has 8 nitrogen and oxygen atoms in total. The zero-order valence-electron chi connectivity index (χ0n) is 15.8. The number of sulfonamides is 1. The quantitative estimate of drug-likeness (QED) is 0.771. The Morgan fingerprint density at radius 3 is 2.67 bits per heavy atom. The van der Waals surface area contributed by atoms with E-state index in [1.54, 1.807) is 12.1 Å². The van der Waals surface area contributed by atoms with Gasteiger partial charge in [0.1, 0.15) is 25.3 Å². The van der Waals surface area contributed by atoms with Crippen molar-refractivity contribution in [2.24, 2.45) is 0 Å². The Hall–Kier alpha value is -2.80. The average Bonchev–Trinajstić information content (AvgIpc) is 3.24. The van der Waals surface area contributed by atoms with E-state index in [2.05, 4.69) is 5.32 Å². The average molecular weight is 448 g/mol. The fourth-order valence-electron chi connectivity index (χ4n) is 3.52. The molecule has 2 aromatic rings. The van der Waals surface area contributed by atoms with Gasteiger partial charge in [0.05, 0.1) is 15.5 Å². The lowest BCUT2D eigenvalue weighted by Gasteiger charge is -2.24. The predicted octanol–water partition coefficient (Wildman–Crippen LogP) is 2.77. The van der Waals surface area contributed by atoms with Gasteiger partial charge in [-0.3, -0.25) is 4.79 Å². The second kappa shape index (κ2) is 8.14. The zero-order chi connectivity index (χ0) is 21.3. The summed E-state index contributed by atoms with van der Waals surface area (Å²) in [5, 5.41) is 11.9. The maximum atomic E-state index is 13.2. The number of nitrogens with zero attached hydrogens (tertiary/aromatic N) is 2. The summed E-state index contributed by atoms with van der Waals surface area (Å²) >= 11 is 6.01. The second-order valence-corrected chi connectivity index (χ2v) is 9.17. The summed E-state index contributed by atoms with van der Waals surface area (Å²) in [6.45, 7) is 0.994. The maximum absolute atomic E-state index is 13.2. The number of amides is 1. The standard InChI is InChI=1S/C20H18ClN3O5S/c21-16-10-14(4-3-13(16)12-22)23-20(25)17-2-1-7-24(17)30(26,27)15-5-6-18-19(11-15)29-9-8-28-18/h3-6,10-11,17H,1-2,7-9H2,(H,23,25)/t17-/m0/s1. The number of rotatable bonds is 4. The largest absolute Gasteiger partial charge is 0.486 e. The number of anilines is 1. The van der Waals surface area contributed by atoms with E-state index in [0.717, 1.165) is 0 Å². The number of carbonyl (C=O) groups is 1. The Balaban J connectivity index is 1.56. The van der Waals surface area contributed by atoms with Crippen molar-refractivity contribution in [3.05, 3.63) is 47.0 Å². The highest BCUT2D eigenvalue weighted by Crippen LogP contribution is 2.35. The summed E-state index contributed by atoms with van der Waals surface area (Å²) in [6.07, 6.45) is 0.968. The molecule has 2 aliphatic rings. The third kappa shape index (κ3) is 3.81. The highest BCUT2D eigenvalue weighted by molar-refractivity contribution is 7.89. The van der Waals surface area contributed by atoms with Gasteiger partial charge in [-0.05, 0) is 43.2 Å². The molecule has 2 aliphatic heterocycles. The second-order valence-electron chi connectivity index (χ2n) is 6.87. The van der Waals surface area contributed by atoms with Crippen molar-refractivity contribution in [2.75, 3.05) is 25.1 Å². The molecule has 30 heavy (non-hydrogen) atoms. The first-order valence-corrected chi connectivity index (χ1v) is 11.1. The van der Waals surface area contributed by atoms with Crippen molar-refractivity contribution in [1.29, 1.82) is 5.26 Å². The van der Waals surface area contributed by atoms with Crippen LogP contribution in [0.2, 0.25) is 5.02 Å². The summed E-state index contributed by atoms with van der Waals surface area (Å²) in [6, 6.07) is 10.1. The number of hydrogen-bond donors (Lipinski definition) is 1. The molecule has 1 saturated heterocycles. The predicted molar refractivity (Wildman–Crippen MR) is 109 cm³/mol. The molecule has 0 aliphatic carbocycles. The van der Waals surface area contributed by atoms with Crippen LogP contribution in [0.1, 0.15) is 18.4 Å². The minimum absolute atomic E-state index is 0.0490. The molecule has 1 fully saturated rings. The number of nitriles is 1. The fourth-order valence-corrected chi connectivity index (χ4v) is 5.41. The van der Waals surface area contributed by atoms with E-state index in [0.29, 0.717) is 48.8 Å². The molecule has 2 heterocycles. The van der Waals surface area contributed by atoms with Gasteiger partial charge in [0.25, 0.3) is 0 Å². The molecule has 2 aromatic carbocycles. The smallest absolute Gasteiger partial charge is 0.243 e. The van der Waals surface area contributed by atoms with E-state index in [1.165, 1.54) is 28.6 Å². The molecule has 0 bridgehead atoms. The van der Waals surface area contributed by atoms with Crippen molar-refractivity contribution in [3.8, 4) is 17.6 Å². The number of hydrogen-bond acceptors (Lipinski definition) is 6. The Morgan fingerprint density at radius 2 is 1.93 bits per heavy atom. The van der Waals surface area contributed by atoms with Gasteiger partial charge in [0.2, 0.25) is 15.9 Å². The Morgan fingerprint density at radius 1 is 1.17 bits per heavy atom. The van der Waals surface area contributed by atoms with Gasteiger partial charge in [-0.2, -0.15) is 9.57 Å². The molecule has 0 saturated carbocycles. The third-order valence-corrected chi connectivity index (χ3v) is 7.20. The third-order valence-electron chi connectivity index (χ3n) is 4.98. The minimum atomic E-state index is -3.91. The Bertz CT molecular complexity index is 1150. The van der Waals surface area contributed by atoms with Crippen molar-refractivity contribution >= 4 is 33.2 Å². The van der Waals surface area contributed by atoms with Crippen LogP contribution in [-0.2, 0) is 14.8 Å². The van der Waals surface area contributed by atoms with Gasteiger partial charge in [0, 0.05) is 18.3 Å². The van der Waals surface area contributed by atoms with Crippen LogP contribution < -0.4 is 14.8 Å². The lowest BCUT2D eigenvalue weighted by atomic mass is 10.2. The zero-order valence-corrected chi connectivity index (χ0v) is 17.4. The highest BCUT2D eigenvalue weighted by atomic mass is 35.5. The first kappa shape index (κ1) is 20.5. The van der Waals surface area contributed by atoms with E-state index < -0.39 is 22.0 Å².